The summed E-state index contributed by atoms with van der Waals surface area (Å²) in [4.78, 5) is 0.274. The number of rotatable bonds is 9. The van der Waals surface area contributed by atoms with Gasteiger partial charge in [-0.25, -0.2) is 26.3 Å². The lowest BCUT2D eigenvalue weighted by Crippen LogP contribution is -2.44. The van der Waals surface area contributed by atoms with Gasteiger partial charge in [0, 0.05) is 12.6 Å². The second-order valence-electron chi connectivity index (χ2n) is 7.49. The summed E-state index contributed by atoms with van der Waals surface area (Å²) in [5.74, 6) is 0. The Morgan fingerprint density at radius 2 is 1.16 bits per heavy atom. The number of aryl methyl sites for hydroxylation is 2. The van der Waals surface area contributed by atoms with Gasteiger partial charge in [0.1, 0.15) is 0 Å². The zero-order valence-corrected chi connectivity index (χ0v) is 19.1. The minimum absolute atomic E-state index is 0.0871. The maximum absolute atomic E-state index is 12.9. The standard InChI is InChI=1S/C23H26N2O4S2/c1-18-8-12-22(13-9-18)30(26,27)24-17-21(16-20-6-4-3-5-7-20)25-31(28,29)23-14-10-19(2)11-15-23/h3-15,21,24-25H,16-17H2,1-2H3. The van der Waals surface area contributed by atoms with Crippen molar-refractivity contribution in [1.82, 2.24) is 9.44 Å². The van der Waals surface area contributed by atoms with Crippen molar-refractivity contribution >= 4 is 20.0 Å². The predicted octanol–water partition coefficient (Wildman–Crippen LogP) is 3.17. The van der Waals surface area contributed by atoms with Gasteiger partial charge in [-0.2, -0.15) is 0 Å². The highest BCUT2D eigenvalue weighted by molar-refractivity contribution is 7.90. The van der Waals surface area contributed by atoms with E-state index in [0.717, 1.165) is 16.7 Å². The van der Waals surface area contributed by atoms with Crippen molar-refractivity contribution in [2.45, 2.75) is 36.1 Å². The van der Waals surface area contributed by atoms with Gasteiger partial charge in [0.05, 0.1) is 9.79 Å². The Morgan fingerprint density at radius 1 is 0.677 bits per heavy atom. The van der Waals surface area contributed by atoms with Crippen LogP contribution in [0.15, 0.2) is 88.7 Å². The zero-order chi connectivity index (χ0) is 22.5. The maximum Gasteiger partial charge on any atom is 0.240 e. The lowest BCUT2D eigenvalue weighted by atomic mass is 10.1. The molecule has 0 radical (unpaired) electrons. The van der Waals surface area contributed by atoms with Crippen molar-refractivity contribution in [3.63, 3.8) is 0 Å². The summed E-state index contributed by atoms with van der Waals surface area (Å²) in [6, 6.07) is 21.7. The second-order valence-corrected chi connectivity index (χ2v) is 11.0. The molecular formula is C23H26N2O4S2. The van der Waals surface area contributed by atoms with E-state index < -0.39 is 26.1 Å². The second kappa shape index (κ2) is 9.74. The lowest BCUT2D eigenvalue weighted by Gasteiger charge is -2.20. The van der Waals surface area contributed by atoms with E-state index in [1.807, 2.05) is 44.2 Å². The molecule has 0 aromatic heterocycles. The van der Waals surface area contributed by atoms with Crippen molar-refractivity contribution in [3.05, 3.63) is 95.6 Å². The monoisotopic (exact) mass is 458 g/mol. The van der Waals surface area contributed by atoms with Crippen molar-refractivity contribution < 1.29 is 16.8 Å². The van der Waals surface area contributed by atoms with Gasteiger partial charge in [0.2, 0.25) is 20.0 Å². The highest BCUT2D eigenvalue weighted by Crippen LogP contribution is 2.14. The first-order chi connectivity index (χ1) is 14.7. The molecule has 1 atom stereocenters. The van der Waals surface area contributed by atoms with Crippen LogP contribution in [0.4, 0.5) is 0 Å². The Labute approximate surface area is 184 Å². The summed E-state index contributed by atoms with van der Waals surface area (Å²) in [7, 11) is -7.59. The molecule has 0 spiro atoms. The van der Waals surface area contributed by atoms with Crippen LogP contribution in [0, 0.1) is 13.8 Å². The largest absolute Gasteiger partial charge is 0.240 e. The van der Waals surface area contributed by atoms with Crippen molar-refractivity contribution in [2.75, 3.05) is 6.54 Å². The first-order valence-electron chi connectivity index (χ1n) is 9.85. The zero-order valence-electron chi connectivity index (χ0n) is 17.4. The van der Waals surface area contributed by atoms with Crippen LogP contribution in [0.3, 0.4) is 0 Å². The van der Waals surface area contributed by atoms with E-state index in [1.165, 1.54) is 24.3 Å². The summed E-state index contributed by atoms with van der Waals surface area (Å²) >= 11 is 0. The molecule has 1 unspecified atom stereocenters. The van der Waals surface area contributed by atoms with Crippen LogP contribution in [0.2, 0.25) is 0 Å². The number of hydrogen-bond acceptors (Lipinski definition) is 4. The summed E-state index contributed by atoms with van der Waals surface area (Å²) in [6.45, 7) is 3.66. The summed E-state index contributed by atoms with van der Waals surface area (Å²) in [5.41, 5.74) is 2.80. The molecule has 0 aliphatic carbocycles. The molecule has 3 aromatic carbocycles. The van der Waals surface area contributed by atoms with E-state index in [4.69, 9.17) is 0 Å². The van der Waals surface area contributed by atoms with E-state index in [0.29, 0.717) is 6.42 Å². The Morgan fingerprint density at radius 3 is 1.68 bits per heavy atom. The number of benzene rings is 3. The average molecular weight is 459 g/mol. The van der Waals surface area contributed by atoms with Crippen LogP contribution in [0.1, 0.15) is 16.7 Å². The molecule has 164 valence electrons. The van der Waals surface area contributed by atoms with Crippen LogP contribution in [0.25, 0.3) is 0 Å². The van der Waals surface area contributed by atoms with E-state index in [-0.39, 0.29) is 16.3 Å². The van der Waals surface area contributed by atoms with Crippen LogP contribution >= 0.6 is 0 Å². The van der Waals surface area contributed by atoms with Crippen LogP contribution in [-0.4, -0.2) is 29.4 Å². The van der Waals surface area contributed by atoms with Gasteiger partial charge in [0.15, 0.2) is 0 Å². The minimum atomic E-state index is -3.82. The molecule has 0 fully saturated rings. The Hall–Kier alpha value is -2.52. The first-order valence-corrected chi connectivity index (χ1v) is 12.8. The molecule has 8 heteroatoms. The molecule has 0 saturated carbocycles. The maximum atomic E-state index is 12.9. The van der Waals surface area contributed by atoms with Crippen LogP contribution in [0.5, 0.6) is 0 Å². The molecule has 0 bridgehead atoms. The summed E-state index contributed by atoms with van der Waals surface area (Å²) in [5, 5.41) is 0. The Bertz CT molecular complexity index is 1210. The Kier molecular flexibility index (Phi) is 7.27. The van der Waals surface area contributed by atoms with Crippen LogP contribution in [-0.2, 0) is 26.5 Å². The minimum Gasteiger partial charge on any atom is -0.210 e. The Balaban J connectivity index is 1.80. The number of nitrogens with one attached hydrogen (secondary N) is 2. The SMILES string of the molecule is Cc1ccc(S(=O)(=O)NCC(Cc2ccccc2)NS(=O)(=O)c2ccc(C)cc2)cc1. The molecule has 6 nitrogen and oxygen atoms in total. The van der Waals surface area contributed by atoms with Crippen molar-refractivity contribution in [1.29, 1.82) is 0 Å². The topological polar surface area (TPSA) is 92.3 Å². The first kappa shape index (κ1) is 23.1. The fourth-order valence-corrected chi connectivity index (χ4v) is 5.39. The van der Waals surface area contributed by atoms with Crippen molar-refractivity contribution in [2.24, 2.45) is 0 Å². The lowest BCUT2D eigenvalue weighted by molar-refractivity contribution is 0.528. The summed E-state index contributed by atoms with van der Waals surface area (Å²) in [6.07, 6.45) is 0.336. The fraction of sp³-hybridized carbons (Fsp3) is 0.217. The van der Waals surface area contributed by atoms with Gasteiger partial charge >= 0.3 is 0 Å². The van der Waals surface area contributed by atoms with Crippen LogP contribution < -0.4 is 9.44 Å². The third-order valence-corrected chi connectivity index (χ3v) is 7.80. The normalized spacial score (nSPS) is 13.1. The van der Waals surface area contributed by atoms with Gasteiger partial charge in [-0.1, -0.05) is 65.7 Å². The quantitative estimate of drug-likeness (QED) is 0.515. The molecule has 3 rings (SSSR count). The van der Waals surface area contributed by atoms with Gasteiger partial charge in [-0.3, -0.25) is 0 Å². The molecule has 0 aliphatic rings. The van der Waals surface area contributed by atoms with E-state index >= 15 is 0 Å². The van der Waals surface area contributed by atoms with Crippen molar-refractivity contribution in [3.8, 4) is 0 Å². The van der Waals surface area contributed by atoms with Gasteiger partial charge in [0.25, 0.3) is 0 Å². The third-order valence-electron chi connectivity index (χ3n) is 4.83. The molecule has 3 aromatic rings. The van der Waals surface area contributed by atoms with E-state index in [2.05, 4.69) is 9.44 Å². The van der Waals surface area contributed by atoms with Gasteiger partial charge in [-0.05, 0) is 50.1 Å². The third kappa shape index (κ3) is 6.48. The van der Waals surface area contributed by atoms with Gasteiger partial charge in [-0.15, -0.1) is 0 Å². The average Bonchev–Trinajstić information content (AvgIpc) is 2.73. The molecule has 31 heavy (non-hydrogen) atoms. The van der Waals surface area contributed by atoms with E-state index in [1.54, 1.807) is 24.3 Å². The molecule has 0 amide bonds. The molecule has 0 saturated heterocycles. The molecular weight excluding hydrogens is 432 g/mol. The highest BCUT2D eigenvalue weighted by Gasteiger charge is 2.23. The smallest absolute Gasteiger partial charge is 0.210 e. The highest BCUT2D eigenvalue weighted by atomic mass is 32.2. The predicted molar refractivity (Wildman–Crippen MR) is 122 cm³/mol. The van der Waals surface area contributed by atoms with Gasteiger partial charge < -0.3 is 0 Å². The molecule has 2 N–H and O–H groups in total. The number of sulfonamides is 2. The van der Waals surface area contributed by atoms with E-state index in [9.17, 15) is 16.8 Å². The number of hydrogen-bond donors (Lipinski definition) is 2. The fourth-order valence-electron chi connectivity index (χ4n) is 3.07. The molecule has 0 heterocycles. The molecule has 0 aliphatic heterocycles. The summed E-state index contributed by atoms with van der Waals surface area (Å²) < 4.78 is 56.3.